The molecule has 10 nitrogen and oxygen atoms in total. The Balaban J connectivity index is 1.66. The zero-order valence-electron chi connectivity index (χ0n) is 19.4. The monoisotopic (exact) mass is 501 g/mol. The van der Waals surface area contributed by atoms with Crippen LogP contribution < -0.4 is 23.7 Å². The second kappa shape index (κ2) is 11.7. The predicted octanol–water partition coefficient (Wildman–Crippen LogP) is 5.58. The third-order valence-corrected chi connectivity index (χ3v) is 5.70. The number of nitrogens with zero attached hydrogens (tertiary/aromatic N) is 1. The van der Waals surface area contributed by atoms with Crippen LogP contribution in [0, 0.1) is 10.1 Å². The summed E-state index contributed by atoms with van der Waals surface area (Å²) in [5.41, 5.74) is 1.58. The molecule has 0 bridgehead atoms. The highest BCUT2D eigenvalue weighted by Crippen LogP contribution is 2.39. The zero-order valence-corrected chi connectivity index (χ0v) is 20.2. The summed E-state index contributed by atoms with van der Waals surface area (Å²) < 4.78 is 31.3. The number of benzene rings is 2. The zero-order chi connectivity index (χ0) is 25.4. The first-order valence-corrected chi connectivity index (χ1v) is 10.9. The highest BCUT2D eigenvalue weighted by atomic mass is 32.1. The minimum absolute atomic E-state index is 0.110. The third-order valence-electron chi connectivity index (χ3n) is 4.66. The minimum Gasteiger partial charge on any atom is -0.493 e. The van der Waals surface area contributed by atoms with E-state index in [2.05, 4.69) is 0 Å². The molecular weight excluding hydrogens is 478 g/mol. The van der Waals surface area contributed by atoms with Gasteiger partial charge in [-0.3, -0.25) is 10.1 Å². The molecular formula is C24H23NO9S. The summed E-state index contributed by atoms with van der Waals surface area (Å²) in [6.07, 6.45) is 2.74. The first kappa shape index (κ1) is 25.4. The van der Waals surface area contributed by atoms with Crippen molar-refractivity contribution in [2.45, 2.75) is 6.61 Å². The van der Waals surface area contributed by atoms with Gasteiger partial charge in [0, 0.05) is 6.07 Å². The van der Waals surface area contributed by atoms with E-state index >= 15 is 0 Å². The van der Waals surface area contributed by atoms with Crippen LogP contribution in [-0.2, 0) is 11.3 Å². The lowest BCUT2D eigenvalue weighted by Crippen LogP contribution is -2.10. The third kappa shape index (κ3) is 6.42. The van der Waals surface area contributed by atoms with Crippen molar-refractivity contribution < 1.29 is 38.1 Å². The van der Waals surface area contributed by atoms with E-state index in [1.165, 1.54) is 20.3 Å². The Kier molecular flexibility index (Phi) is 8.52. The standard InChI is InChI=1S/C24H23NO9S/c1-29-19-11-16(12-20(30-2)22(19)32-4)9-8-15-6-5-7-17(10-15)34-24(26)33-14-18-13-21(31-3)23(35-18)25(27)28/h5-13H,14H2,1-4H3/b9-8-. The van der Waals surface area contributed by atoms with Crippen molar-refractivity contribution in [3.63, 3.8) is 0 Å². The van der Waals surface area contributed by atoms with Crippen LogP contribution in [0.1, 0.15) is 16.0 Å². The molecule has 0 aliphatic carbocycles. The fraction of sp³-hybridized carbons (Fsp3) is 0.208. The van der Waals surface area contributed by atoms with E-state index in [-0.39, 0.29) is 23.1 Å². The molecule has 184 valence electrons. The summed E-state index contributed by atoms with van der Waals surface area (Å²) in [6.45, 7) is -0.186. The van der Waals surface area contributed by atoms with Gasteiger partial charge in [-0.15, -0.1) is 0 Å². The van der Waals surface area contributed by atoms with Gasteiger partial charge < -0.3 is 28.4 Å². The Morgan fingerprint density at radius 2 is 1.57 bits per heavy atom. The Labute approximate surface area is 205 Å². The predicted molar refractivity (Wildman–Crippen MR) is 130 cm³/mol. The number of rotatable bonds is 10. The van der Waals surface area contributed by atoms with Crippen molar-refractivity contribution >= 4 is 34.6 Å². The maximum absolute atomic E-state index is 12.1. The molecule has 3 rings (SSSR count). The summed E-state index contributed by atoms with van der Waals surface area (Å²) in [6, 6.07) is 11.9. The number of hydrogen-bond acceptors (Lipinski definition) is 10. The lowest BCUT2D eigenvalue weighted by Gasteiger charge is -2.12. The summed E-state index contributed by atoms with van der Waals surface area (Å²) in [4.78, 5) is 23.0. The van der Waals surface area contributed by atoms with E-state index in [1.54, 1.807) is 44.6 Å². The molecule has 1 aromatic heterocycles. The Bertz CT molecular complexity index is 1210. The summed E-state index contributed by atoms with van der Waals surface area (Å²) in [7, 11) is 5.95. The fourth-order valence-electron chi connectivity index (χ4n) is 3.08. The van der Waals surface area contributed by atoms with Crippen LogP contribution in [0.15, 0.2) is 42.5 Å². The molecule has 0 aliphatic rings. The van der Waals surface area contributed by atoms with E-state index < -0.39 is 11.1 Å². The molecule has 0 saturated carbocycles. The molecule has 35 heavy (non-hydrogen) atoms. The first-order valence-electron chi connectivity index (χ1n) is 10.1. The molecule has 0 spiro atoms. The van der Waals surface area contributed by atoms with E-state index in [0.29, 0.717) is 22.1 Å². The minimum atomic E-state index is -0.939. The fourth-order valence-corrected chi connectivity index (χ4v) is 3.93. The molecule has 0 saturated heterocycles. The average molecular weight is 502 g/mol. The first-order chi connectivity index (χ1) is 16.9. The number of hydrogen-bond donors (Lipinski definition) is 0. The highest BCUT2D eigenvalue weighted by Gasteiger charge is 2.21. The van der Waals surface area contributed by atoms with Gasteiger partial charge in [0.1, 0.15) is 12.4 Å². The number of carbonyl (C=O) groups is 1. The van der Waals surface area contributed by atoms with Gasteiger partial charge in [0.2, 0.25) is 11.5 Å². The largest absolute Gasteiger partial charge is 0.514 e. The summed E-state index contributed by atoms with van der Waals surface area (Å²) in [5, 5.41) is 10.9. The van der Waals surface area contributed by atoms with Crippen molar-refractivity contribution in [2.24, 2.45) is 0 Å². The van der Waals surface area contributed by atoms with E-state index in [9.17, 15) is 14.9 Å². The number of ether oxygens (including phenoxy) is 6. The van der Waals surface area contributed by atoms with Crippen LogP contribution in [0.2, 0.25) is 0 Å². The Hall–Kier alpha value is -4.25. The quantitative estimate of drug-likeness (QED) is 0.115. The van der Waals surface area contributed by atoms with Crippen LogP contribution in [0.5, 0.6) is 28.7 Å². The van der Waals surface area contributed by atoms with E-state index in [4.69, 9.17) is 28.4 Å². The van der Waals surface area contributed by atoms with Crippen LogP contribution in [0.4, 0.5) is 9.80 Å². The van der Waals surface area contributed by atoms with Crippen molar-refractivity contribution in [1.82, 2.24) is 0 Å². The molecule has 1 heterocycles. The molecule has 3 aromatic rings. The van der Waals surface area contributed by atoms with Crippen LogP contribution in [0.3, 0.4) is 0 Å². The van der Waals surface area contributed by atoms with Crippen LogP contribution >= 0.6 is 11.3 Å². The maximum Gasteiger partial charge on any atom is 0.514 e. The average Bonchev–Trinajstić information content (AvgIpc) is 3.29. The van der Waals surface area contributed by atoms with Gasteiger partial charge >= 0.3 is 11.2 Å². The van der Waals surface area contributed by atoms with Gasteiger partial charge in [-0.1, -0.05) is 35.6 Å². The van der Waals surface area contributed by atoms with Gasteiger partial charge in [0.15, 0.2) is 11.5 Å². The summed E-state index contributed by atoms with van der Waals surface area (Å²) in [5.74, 6) is 1.94. The number of carbonyl (C=O) groups excluding carboxylic acids is 1. The Morgan fingerprint density at radius 3 is 2.14 bits per heavy atom. The lowest BCUT2D eigenvalue weighted by molar-refractivity contribution is -0.381. The molecule has 11 heteroatoms. The summed E-state index contributed by atoms with van der Waals surface area (Å²) >= 11 is 0.863. The molecule has 0 unspecified atom stereocenters. The second-order valence-electron chi connectivity index (χ2n) is 6.85. The second-order valence-corrected chi connectivity index (χ2v) is 7.96. The van der Waals surface area contributed by atoms with Crippen LogP contribution in [0.25, 0.3) is 12.2 Å². The lowest BCUT2D eigenvalue weighted by atomic mass is 10.1. The molecule has 0 amide bonds. The molecule has 0 atom stereocenters. The molecule has 0 N–H and O–H groups in total. The number of nitro groups is 1. The van der Waals surface area contributed by atoms with Gasteiger partial charge in [0.05, 0.1) is 38.2 Å². The van der Waals surface area contributed by atoms with Gasteiger partial charge in [-0.05, 0) is 35.4 Å². The molecule has 2 aromatic carbocycles. The van der Waals surface area contributed by atoms with Gasteiger partial charge in [-0.2, -0.15) is 0 Å². The molecule has 0 radical (unpaired) electrons. The van der Waals surface area contributed by atoms with Crippen molar-refractivity contribution in [3.8, 4) is 28.7 Å². The van der Waals surface area contributed by atoms with Crippen molar-refractivity contribution in [3.05, 3.63) is 68.6 Å². The maximum atomic E-state index is 12.1. The topological polar surface area (TPSA) is 116 Å². The van der Waals surface area contributed by atoms with E-state index in [1.807, 2.05) is 18.2 Å². The van der Waals surface area contributed by atoms with Crippen molar-refractivity contribution in [2.75, 3.05) is 28.4 Å². The molecule has 0 aliphatic heterocycles. The van der Waals surface area contributed by atoms with Crippen LogP contribution in [-0.4, -0.2) is 39.5 Å². The number of methoxy groups -OCH3 is 4. The van der Waals surface area contributed by atoms with E-state index in [0.717, 1.165) is 22.5 Å². The van der Waals surface area contributed by atoms with Gasteiger partial charge in [-0.25, -0.2) is 4.79 Å². The van der Waals surface area contributed by atoms with Crippen molar-refractivity contribution in [1.29, 1.82) is 0 Å². The number of thiophene rings is 1. The Morgan fingerprint density at radius 1 is 0.914 bits per heavy atom. The molecule has 0 fully saturated rings. The smallest absolute Gasteiger partial charge is 0.493 e. The van der Waals surface area contributed by atoms with Gasteiger partial charge in [0.25, 0.3) is 0 Å². The SMILES string of the molecule is COc1cc(COC(=O)Oc2cccc(/C=C\c3cc(OC)c(OC)c(OC)c3)c2)sc1[N+](=O)[O-]. The highest BCUT2D eigenvalue weighted by molar-refractivity contribution is 7.15. The normalized spacial score (nSPS) is 10.6.